The van der Waals surface area contributed by atoms with Gasteiger partial charge < -0.3 is 148 Å². The van der Waals surface area contributed by atoms with E-state index in [1.165, 1.54) is 0 Å². The van der Waals surface area contributed by atoms with Crippen LogP contribution in [0.5, 0.6) is 0 Å². The predicted octanol–water partition coefficient (Wildman–Crippen LogP) is -7.43. The van der Waals surface area contributed by atoms with E-state index in [2.05, 4.69) is 42.5 Å². The third-order valence-electron chi connectivity index (χ3n) is 16.3. The van der Waals surface area contributed by atoms with E-state index < -0.39 is 117 Å². The van der Waals surface area contributed by atoms with Crippen molar-refractivity contribution in [1.29, 1.82) is 0 Å². The first-order chi connectivity index (χ1) is 47.1. The summed E-state index contributed by atoms with van der Waals surface area (Å²) in [6, 6.07) is -3.07. The average Bonchev–Trinajstić information content (AvgIpc) is 0.837. The molecule has 7 amide bonds. The molecule has 3 aliphatic heterocycles. The van der Waals surface area contributed by atoms with Gasteiger partial charge in [0.2, 0.25) is 41.4 Å². The van der Waals surface area contributed by atoms with Crippen molar-refractivity contribution >= 4 is 41.4 Å². The van der Waals surface area contributed by atoms with Crippen LogP contribution in [-0.2, 0) is 76.2 Å². The van der Waals surface area contributed by atoms with E-state index in [-0.39, 0.29) is 185 Å². The molecule has 3 aliphatic rings. The SMILES string of the molecule is CNCCCCCC(=O)NC(COCCC(=O)NCCCNC(=O)CCCCOC1OC(CO)C(O)C(O)C1N)(COCCC(=O)NCCCNC(=O)CCCCOC1OC(CO)C(O)C(O)C1N)COCCC(=O)NCCCNC(=O)CCCCOC1OC(CO)C(O)C(O)C1N. The van der Waals surface area contributed by atoms with Crippen molar-refractivity contribution in [3.63, 3.8) is 0 Å². The summed E-state index contributed by atoms with van der Waals surface area (Å²) >= 11 is 0. The van der Waals surface area contributed by atoms with E-state index >= 15 is 0 Å². The summed E-state index contributed by atoms with van der Waals surface area (Å²) in [7, 11) is 1.84. The highest BCUT2D eigenvalue weighted by Gasteiger charge is 2.45. The Labute approximate surface area is 573 Å². The predicted molar refractivity (Wildman–Crippen MR) is 348 cm³/mol. The Balaban J connectivity index is 1.46. The third-order valence-corrected chi connectivity index (χ3v) is 16.3. The van der Waals surface area contributed by atoms with Gasteiger partial charge in [0.25, 0.3) is 0 Å². The van der Waals surface area contributed by atoms with Crippen molar-refractivity contribution in [2.24, 2.45) is 17.2 Å². The van der Waals surface area contributed by atoms with Crippen molar-refractivity contribution in [3.8, 4) is 0 Å². The lowest BCUT2D eigenvalue weighted by atomic mass is 9.98. The quantitative estimate of drug-likeness (QED) is 0.0252. The number of hydrogen-bond donors (Lipinski definition) is 20. The number of nitrogens with one attached hydrogen (secondary N) is 8. The maximum atomic E-state index is 13.6. The van der Waals surface area contributed by atoms with E-state index in [0.717, 1.165) is 19.4 Å². The van der Waals surface area contributed by atoms with Gasteiger partial charge in [-0.1, -0.05) is 6.42 Å². The summed E-state index contributed by atoms with van der Waals surface area (Å²) in [4.78, 5) is 89.7. The molecule has 0 spiro atoms. The second-order valence-corrected chi connectivity index (χ2v) is 24.6. The maximum absolute atomic E-state index is 13.6. The number of aliphatic hydroxyl groups is 9. The third kappa shape index (κ3) is 35.3. The molecule has 0 radical (unpaired) electrons. The van der Waals surface area contributed by atoms with Gasteiger partial charge in [0, 0.05) is 104 Å². The lowest BCUT2D eigenvalue weighted by Gasteiger charge is -2.40. The molecule has 570 valence electrons. The summed E-state index contributed by atoms with van der Waals surface area (Å²) in [6.45, 7) is 0.451. The van der Waals surface area contributed by atoms with Crippen LogP contribution >= 0.6 is 0 Å². The fraction of sp³-hybridized carbons (Fsp3) is 0.887. The Kier molecular flexibility index (Phi) is 46.1. The van der Waals surface area contributed by atoms with Crippen LogP contribution in [0.25, 0.3) is 0 Å². The summed E-state index contributed by atoms with van der Waals surface area (Å²) in [5.74, 6) is -1.97. The highest BCUT2D eigenvalue weighted by Crippen LogP contribution is 2.24. The van der Waals surface area contributed by atoms with Gasteiger partial charge >= 0.3 is 0 Å². The average molecular weight is 1420 g/mol. The molecular weight excluding hydrogens is 1300 g/mol. The Morgan fingerprint density at radius 2 is 0.622 bits per heavy atom. The summed E-state index contributed by atoms with van der Waals surface area (Å²) in [6.07, 6.45) is -7.51. The fourth-order valence-electron chi connectivity index (χ4n) is 10.3. The highest BCUT2D eigenvalue weighted by atomic mass is 16.7. The number of hydrogen-bond acceptors (Lipinski definition) is 29. The minimum absolute atomic E-state index is 0.0670. The van der Waals surface area contributed by atoms with Crippen LogP contribution in [0.2, 0.25) is 0 Å². The number of nitrogens with two attached hydrogens (primary N) is 3. The molecule has 36 heteroatoms. The van der Waals surface area contributed by atoms with E-state index in [1.807, 2.05) is 7.05 Å². The number of aliphatic hydroxyl groups excluding tert-OH is 9. The fourth-order valence-corrected chi connectivity index (χ4v) is 10.3. The van der Waals surface area contributed by atoms with Gasteiger partial charge in [-0.25, -0.2) is 0 Å². The smallest absolute Gasteiger partial charge is 0.222 e. The molecule has 0 aliphatic carbocycles. The molecule has 3 saturated heterocycles. The molecule has 98 heavy (non-hydrogen) atoms. The van der Waals surface area contributed by atoms with Gasteiger partial charge in [0.05, 0.1) is 77.6 Å². The number of amides is 7. The summed E-state index contributed by atoms with van der Waals surface area (Å²) in [5.41, 5.74) is 16.3. The zero-order chi connectivity index (χ0) is 72.1. The van der Waals surface area contributed by atoms with Crippen molar-refractivity contribution in [2.45, 2.75) is 219 Å². The van der Waals surface area contributed by atoms with Crippen molar-refractivity contribution in [3.05, 3.63) is 0 Å². The molecule has 3 heterocycles. The monoisotopic (exact) mass is 1420 g/mol. The Morgan fingerprint density at radius 3 is 0.908 bits per heavy atom. The Hall–Kier alpha value is -4.59. The van der Waals surface area contributed by atoms with Crippen LogP contribution in [0.15, 0.2) is 0 Å². The van der Waals surface area contributed by atoms with Gasteiger partial charge in [-0.2, -0.15) is 0 Å². The minimum Gasteiger partial charge on any atom is -0.394 e. The minimum atomic E-state index is -1.35. The molecule has 3 fully saturated rings. The van der Waals surface area contributed by atoms with E-state index in [4.69, 9.17) is 59.8 Å². The molecule has 0 aromatic carbocycles. The first-order valence-electron chi connectivity index (χ1n) is 34.4. The number of carbonyl (C=O) groups excluding carboxylic acids is 7. The normalized spacial score (nSPS) is 26.2. The lowest BCUT2D eigenvalue weighted by molar-refractivity contribution is -0.265. The summed E-state index contributed by atoms with van der Waals surface area (Å²) < 4.78 is 51.2. The number of carbonyl (C=O) groups is 7. The molecule has 23 N–H and O–H groups in total. The topological polar surface area (TPSA) is 559 Å². The van der Waals surface area contributed by atoms with E-state index in [9.17, 15) is 79.5 Å². The van der Waals surface area contributed by atoms with Crippen molar-refractivity contribution < 1.29 is 122 Å². The molecule has 0 aromatic heterocycles. The second kappa shape index (κ2) is 51.5. The molecule has 3 rings (SSSR count). The molecule has 0 bridgehead atoms. The molecule has 36 nitrogen and oxygen atoms in total. The number of ether oxygens (including phenoxy) is 9. The largest absolute Gasteiger partial charge is 0.394 e. The molecular formula is C62H117N11O25. The van der Waals surface area contributed by atoms with Gasteiger partial charge in [-0.3, -0.25) is 33.6 Å². The highest BCUT2D eigenvalue weighted by molar-refractivity contribution is 5.78. The molecule has 15 atom stereocenters. The van der Waals surface area contributed by atoms with Crippen LogP contribution in [0.4, 0.5) is 0 Å². The first-order valence-corrected chi connectivity index (χ1v) is 34.4. The standard InChI is InChI=1S/C62H117N11O25/c1-66-21-7-2-3-17-49(83)73-62(37-90-31-18-46(80)70-25-11-22-67-43(77)14-4-8-28-93-59-50(63)56(87)53(84)40(34-74)96-59,38-91-32-19-47(81)71-26-12-23-68-44(78)15-5-9-29-94-60-51(64)57(88)54(85)41(35-75)97-60)39-92-33-20-48(82)72-27-13-24-69-45(79)16-6-10-30-95-61-52(65)58(89)55(86)42(36-76)98-61/h40-42,50-61,66,74-76,84-89H,2-39,63-65H2,1H3,(H,67,77)(H,68,78)(H,69,79)(H,70,80)(H,71,81)(H,72,82)(H,73,83). The number of unbranched alkanes of at least 4 members (excludes halogenated alkanes) is 5. The van der Waals surface area contributed by atoms with E-state index in [1.54, 1.807) is 0 Å². The Bertz CT molecular complexity index is 2010. The first kappa shape index (κ1) is 87.6. The Morgan fingerprint density at radius 1 is 0.347 bits per heavy atom. The van der Waals surface area contributed by atoms with Crippen LogP contribution in [0.1, 0.15) is 122 Å². The summed E-state index contributed by atoms with van der Waals surface area (Å²) in [5, 5.41) is 111. The molecule has 0 aromatic rings. The van der Waals surface area contributed by atoms with Crippen LogP contribution < -0.4 is 59.7 Å². The second-order valence-electron chi connectivity index (χ2n) is 24.6. The van der Waals surface area contributed by atoms with Crippen molar-refractivity contribution in [2.75, 3.05) is 132 Å². The lowest BCUT2D eigenvalue weighted by Crippen LogP contribution is -2.62. The molecule has 15 unspecified atom stereocenters. The maximum Gasteiger partial charge on any atom is 0.222 e. The van der Waals surface area contributed by atoms with Gasteiger partial charge in [-0.05, 0) is 84.2 Å². The number of rotatable bonds is 55. The van der Waals surface area contributed by atoms with Gasteiger partial charge in [-0.15, -0.1) is 0 Å². The van der Waals surface area contributed by atoms with Crippen LogP contribution in [0.3, 0.4) is 0 Å². The van der Waals surface area contributed by atoms with E-state index in [0.29, 0.717) is 64.2 Å². The van der Waals surface area contributed by atoms with Crippen LogP contribution in [0, 0.1) is 0 Å². The van der Waals surface area contributed by atoms with Gasteiger partial charge in [0.1, 0.15) is 60.5 Å². The van der Waals surface area contributed by atoms with Crippen molar-refractivity contribution in [1.82, 2.24) is 42.5 Å². The zero-order valence-electron chi connectivity index (χ0n) is 56.8. The van der Waals surface area contributed by atoms with Crippen LogP contribution in [-0.4, -0.2) is 317 Å². The molecule has 0 saturated carbocycles. The zero-order valence-corrected chi connectivity index (χ0v) is 56.8. The van der Waals surface area contributed by atoms with Gasteiger partial charge in [0.15, 0.2) is 18.9 Å².